The number of benzene rings is 1. The van der Waals surface area contributed by atoms with Crippen molar-refractivity contribution in [3.8, 4) is 11.1 Å². The molecule has 0 unspecified atom stereocenters. The number of halogens is 1. The molecule has 5 rings (SSSR count). The third-order valence-corrected chi connectivity index (χ3v) is 6.70. The maximum Gasteiger partial charge on any atom is 0.190 e. The molecular weight excluding hydrogens is 437 g/mol. The summed E-state index contributed by atoms with van der Waals surface area (Å²) >= 11 is 1.47. The normalized spacial score (nSPS) is 15.1. The van der Waals surface area contributed by atoms with Gasteiger partial charge < -0.3 is 15.5 Å². The van der Waals surface area contributed by atoms with Gasteiger partial charge in [-0.1, -0.05) is 23.5 Å². The van der Waals surface area contributed by atoms with Crippen LogP contribution in [-0.2, 0) is 6.54 Å². The highest BCUT2D eigenvalue weighted by Crippen LogP contribution is 2.35. The minimum atomic E-state index is -0.263. The van der Waals surface area contributed by atoms with Crippen molar-refractivity contribution in [2.45, 2.75) is 6.54 Å². The lowest BCUT2D eigenvalue weighted by atomic mass is 10.1. The number of hydrogen-bond donors (Lipinski definition) is 2. The minimum absolute atomic E-state index is 0.263. The van der Waals surface area contributed by atoms with Gasteiger partial charge in [-0.25, -0.2) is 19.3 Å². The Balaban J connectivity index is 1.40. The van der Waals surface area contributed by atoms with Gasteiger partial charge in [-0.15, -0.1) is 0 Å². The Hall–Kier alpha value is -3.14. The van der Waals surface area contributed by atoms with E-state index in [-0.39, 0.29) is 5.82 Å². The fourth-order valence-corrected chi connectivity index (χ4v) is 4.83. The molecule has 1 aromatic carbocycles. The van der Waals surface area contributed by atoms with E-state index in [0.717, 1.165) is 71.0 Å². The van der Waals surface area contributed by atoms with Crippen molar-refractivity contribution in [3.63, 3.8) is 0 Å². The highest BCUT2D eigenvalue weighted by Gasteiger charge is 2.16. The van der Waals surface area contributed by atoms with Gasteiger partial charge in [-0.05, 0) is 48.5 Å². The predicted molar refractivity (Wildman–Crippen MR) is 133 cm³/mol. The summed E-state index contributed by atoms with van der Waals surface area (Å²) in [5.41, 5.74) is 3.80. The Labute approximate surface area is 196 Å². The molecule has 4 aromatic rings. The number of nitrogens with one attached hydrogen (secondary N) is 2. The van der Waals surface area contributed by atoms with Crippen LogP contribution in [0.4, 0.5) is 21.2 Å². The molecule has 0 atom stereocenters. The van der Waals surface area contributed by atoms with Gasteiger partial charge in [-0.3, -0.25) is 4.90 Å². The molecule has 3 aromatic heterocycles. The van der Waals surface area contributed by atoms with Crippen molar-refractivity contribution < 1.29 is 4.39 Å². The first-order valence-corrected chi connectivity index (χ1v) is 11.8. The molecule has 2 N–H and O–H groups in total. The lowest BCUT2D eigenvalue weighted by Gasteiger charge is -2.32. The van der Waals surface area contributed by atoms with Crippen molar-refractivity contribution in [2.75, 3.05) is 50.9 Å². The van der Waals surface area contributed by atoms with Crippen molar-refractivity contribution in [1.82, 2.24) is 24.8 Å². The van der Waals surface area contributed by atoms with E-state index < -0.39 is 0 Å². The van der Waals surface area contributed by atoms with Gasteiger partial charge in [0.1, 0.15) is 27.8 Å². The number of pyridine rings is 2. The second-order valence-electron chi connectivity index (χ2n) is 8.24. The molecule has 0 radical (unpaired) electrons. The van der Waals surface area contributed by atoms with Gasteiger partial charge in [0.15, 0.2) is 5.13 Å². The van der Waals surface area contributed by atoms with E-state index in [0.29, 0.717) is 0 Å². The van der Waals surface area contributed by atoms with Crippen LogP contribution >= 0.6 is 11.3 Å². The molecule has 1 fully saturated rings. The third-order valence-electron chi connectivity index (χ3n) is 5.84. The van der Waals surface area contributed by atoms with Crippen LogP contribution in [0.15, 0.2) is 48.7 Å². The maximum atomic E-state index is 13.4. The number of thiazole rings is 1. The predicted octanol–water partition coefficient (Wildman–Crippen LogP) is 4.43. The first kappa shape index (κ1) is 21.7. The molecule has 1 aliphatic rings. The lowest BCUT2D eigenvalue weighted by molar-refractivity contribution is 0.148. The fraction of sp³-hybridized carbons (Fsp3) is 0.292. The second kappa shape index (κ2) is 9.38. The number of hydrogen-bond acceptors (Lipinski definition) is 8. The molecular formula is C24H26FN7S. The number of rotatable bonds is 6. The molecule has 4 heterocycles. The average molecular weight is 464 g/mol. The van der Waals surface area contributed by atoms with Crippen LogP contribution in [0.25, 0.3) is 21.5 Å². The van der Waals surface area contributed by atoms with Crippen molar-refractivity contribution >= 4 is 38.5 Å². The first-order valence-electron chi connectivity index (χ1n) is 11.0. The van der Waals surface area contributed by atoms with E-state index in [2.05, 4.69) is 49.6 Å². The largest absolute Gasteiger partial charge is 0.373 e. The Morgan fingerprint density at radius 2 is 1.79 bits per heavy atom. The smallest absolute Gasteiger partial charge is 0.190 e. The molecule has 1 saturated heterocycles. The summed E-state index contributed by atoms with van der Waals surface area (Å²) in [4.78, 5) is 19.6. The molecule has 0 saturated carbocycles. The van der Waals surface area contributed by atoms with E-state index >= 15 is 0 Å². The third kappa shape index (κ3) is 4.95. The summed E-state index contributed by atoms with van der Waals surface area (Å²) in [6, 6.07) is 12.5. The zero-order chi connectivity index (χ0) is 22.8. The Kier molecular flexibility index (Phi) is 6.17. The van der Waals surface area contributed by atoms with E-state index in [4.69, 9.17) is 4.98 Å². The quantitative estimate of drug-likeness (QED) is 0.439. The van der Waals surface area contributed by atoms with Crippen LogP contribution in [-0.4, -0.2) is 65.0 Å². The maximum absolute atomic E-state index is 13.4. The molecule has 1 aliphatic heterocycles. The van der Waals surface area contributed by atoms with Gasteiger partial charge in [-0.2, -0.15) is 0 Å². The molecule has 170 valence electrons. The van der Waals surface area contributed by atoms with E-state index in [9.17, 15) is 4.39 Å². The van der Waals surface area contributed by atoms with Gasteiger partial charge in [0, 0.05) is 51.5 Å². The second-order valence-corrected chi connectivity index (χ2v) is 9.22. The number of fused-ring (bicyclic) bond motifs is 1. The SMILES string of the molecule is CNc1cc(-c2ccc(F)cc2)c2nc(Nc3cc(CN4CCN(C)CC4)ccn3)sc2n1. The molecule has 33 heavy (non-hydrogen) atoms. The molecule has 0 spiro atoms. The molecule has 0 bridgehead atoms. The topological polar surface area (TPSA) is 69.2 Å². The van der Waals surface area contributed by atoms with Crippen LogP contribution in [0.2, 0.25) is 0 Å². The lowest BCUT2D eigenvalue weighted by Crippen LogP contribution is -2.43. The summed E-state index contributed by atoms with van der Waals surface area (Å²) in [5, 5.41) is 7.18. The van der Waals surface area contributed by atoms with Crippen LogP contribution in [0.5, 0.6) is 0 Å². The molecule has 7 nitrogen and oxygen atoms in total. The number of nitrogens with zero attached hydrogens (tertiary/aromatic N) is 5. The molecule has 9 heteroatoms. The fourth-order valence-electron chi connectivity index (χ4n) is 3.96. The summed E-state index contributed by atoms with van der Waals surface area (Å²) < 4.78 is 13.4. The van der Waals surface area contributed by atoms with Crippen LogP contribution in [0.3, 0.4) is 0 Å². The Morgan fingerprint density at radius 3 is 2.55 bits per heavy atom. The van der Waals surface area contributed by atoms with Crippen molar-refractivity contribution in [1.29, 1.82) is 0 Å². The average Bonchev–Trinajstić information content (AvgIpc) is 3.23. The first-order chi connectivity index (χ1) is 16.1. The Bertz CT molecular complexity index is 1250. The summed E-state index contributed by atoms with van der Waals surface area (Å²) in [5.74, 6) is 1.24. The minimum Gasteiger partial charge on any atom is -0.373 e. The number of aromatic nitrogens is 3. The highest BCUT2D eigenvalue weighted by atomic mass is 32.1. The summed E-state index contributed by atoms with van der Waals surface area (Å²) in [6.07, 6.45) is 1.84. The van der Waals surface area contributed by atoms with Crippen LogP contribution in [0, 0.1) is 5.82 Å². The van der Waals surface area contributed by atoms with Gasteiger partial charge in [0.05, 0.1) is 0 Å². The van der Waals surface area contributed by atoms with Crippen LogP contribution < -0.4 is 10.6 Å². The van der Waals surface area contributed by atoms with E-state index in [1.165, 1.54) is 29.0 Å². The van der Waals surface area contributed by atoms with Crippen molar-refractivity contribution in [3.05, 3.63) is 60.0 Å². The van der Waals surface area contributed by atoms with Crippen molar-refractivity contribution in [2.24, 2.45) is 0 Å². The highest BCUT2D eigenvalue weighted by molar-refractivity contribution is 7.21. The van der Waals surface area contributed by atoms with Gasteiger partial charge in [0.25, 0.3) is 0 Å². The Morgan fingerprint density at radius 1 is 1.00 bits per heavy atom. The molecule has 0 aliphatic carbocycles. The van der Waals surface area contributed by atoms with Gasteiger partial charge >= 0.3 is 0 Å². The molecule has 0 amide bonds. The van der Waals surface area contributed by atoms with E-state index in [1.54, 1.807) is 12.1 Å². The van der Waals surface area contributed by atoms with E-state index in [1.807, 2.05) is 19.3 Å². The van der Waals surface area contributed by atoms with Gasteiger partial charge in [0.2, 0.25) is 0 Å². The van der Waals surface area contributed by atoms with Crippen LogP contribution in [0.1, 0.15) is 5.56 Å². The zero-order valence-corrected chi connectivity index (χ0v) is 19.5. The standard InChI is InChI=1S/C24H26FN7S/c1-26-20-14-19(17-3-5-18(25)6-4-17)22-23(28-20)33-24(30-22)29-21-13-16(7-8-27-21)15-32-11-9-31(2)10-12-32/h3-8,13-14H,9-12,15H2,1-2H3,(H,26,28)(H,27,29,30). The summed E-state index contributed by atoms with van der Waals surface area (Å²) in [6.45, 7) is 5.25. The summed E-state index contributed by atoms with van der Waals surface area (Å²) in [7, 11) is 4.00. The number of anilines is 3. The zero-order valence-electron chi connectivity index (χ0n) is 18.7. The monoisotopic (exact) mass is 463 g/mol. The number of likely N-dealkylation sites (N-methyl/N-ethyl adjacent to an activating group) is 1. The number of piperazine rings is 1.